The zero-order valence-corrected chi connectivity index (χ0v) is 36.7. The fourth-order valence-corrected chi connectivity index (χ4v) is 8.31. The first-order valence-corrected chi connectivity index (χ1v) is 22.2. The Morgan fingerprint density at radius 1 is 0.672 bits per heavy atom. The summed E-state index contributed by atoms with van der Waals surface area (Å²) in [5.74, 6) is -3.07. The predicted octanol–water partition coefficient (Wildman–Crippen LogP) is 3.53. The number of benzene rings is 4. The number of hydrogen-bond donors (Lipinski definition) is 8. The number of unbranched alkanes of at least 4 members (excludes halogenated alkanes) is 1. The van der Waals surface area contributed by atoms with Gasteiger partial charge in [0, 0.05) is 37.8 Å². The summed E-state index contributed by atoms with van der Waals surface area (Å²) in [7, 11) is 0. The minimum Gasteiger partial charge on any atom is -0.370 e. The van der Waals surface area contributed by atoms with Crippen molar-refractivity contribution in [1.82, 2.24) is 26.6 Å². The van der Waals surface area contributed by atoms with Crippen molar-refractivity contribution in [3.63, 3.8) is 0 Å². The molecule has 0 aromatic heterocycles. The molecule has 0 bridgehead atoms. The molecule has 340 valence electrons. The van der Waals surface area contributed by atoms with Crippen LogP contribution in [0, 0.1) is 0 Å². The van der Waals surface area contributed by atoms with Crippen LogP contribution in [-0.4, -0.2) is 78.2 Å². The van der Waals surface area contributed by atoms with Gasteiger partial charge in [-0.25, -0.2) is 0 Å². The van der Waals surface area contributed by atoms with Crippen molar-refractivity contribution in [1.29, 1.82) is 0 Å². The van der Waals surface area contributed by atoms with Crippen LogP contribution in [-0.2, 0) is 41.6 Å². The fourth-order valence-electron chi connectivity index (χ4n) is 8.31. The van der Waals surface area contributed by atoms with E-state index in [4.69, 9.17) is 17.2 Å². The molecule has 0 aliphatic heterocycles. The molecule has 6 amide bonds. The second-order valence-electron chi connectivity index (χ2n) is 16.7. The van der Waals surface area contributed by atoms with E-state index < -0.39 is 59.7 Å². The summed E-state index contributed by atoms with van der Waals surface area (Å²) in [6, 6.07) is 29.3. The fraction of sp³-hybridized carbons (Fsp3) is 0.408. The number of nitrogens with one attached hydrogen (secondary N) is 5. The van der Waals surface area contributed by atoms with Crippen molar-refractivity contribution in [2.75, 3.05) is 13.1 Å². The van der Waals surface area contributed by atoms with Crippen molar-refractivity contribution in [2.24, 2.45) is 22.2 Å². The van der Waals surface area contributed by atoms with Crippen LogP contribution in [0.4, 0.5) is 0 Å². The van der Waals surface area contributed by atoms with Gasteiger partial charge in [0.15, 0.2) is 5.96 Å². The van der Waals surface area contributed by atoms with Crippen LogP contribution < -0.4 is 43.8 Å². The summed E-state index contributed by atoms with van der Waals surface area (Å²) in [6.45, 7) is 1.73. The largest absolute Gasteiger partial charge is 0.370 e. The highest BCUT2D eigenvalue weighted by molar-refractivity contribution is 5.95. The molecule has 64 heavy (non-hydrogen) atoms. The Morgan fingerprint density at radius 2 is 1.28 bits per heavy atom. The first-order valence-electron chi connectivity index (χ1n) is 22.2. The molecular formula is C49H63N9O6. The smallest absolute Gasteiger partial charge is 0.243 e. The number of nitrogens with two attached hydrogens (primary N) is 3. The molecule has 1 aliphatic carbocycles. The lowest BCUT2D eigenvalue weighted by Crippen LogP contribution is -2.58. The van der Waals surface area contributed by atoms with Gasteiger partial charge in [-0.1, -0.05) is 116 Å². The van der Waals surface area contributed by atoms with Gasteiger partial charge in [0.2, 0.25) is 35.4 Å². The highest BCUT2D eigenvalue weighted by Crippen LogP contribution is 2.40. The lowest BCUT2D eigenvalue weighted by Gasteiger charge is -2.41. The van der Waals surface area contributed by atoms with Crippen LogP contribution in [0.5, 0.6) is 0 Å². The van der Waals surface area contributed by atoms with Gasteiger partial charge in [-0.3, -0.25) is 33.8 Å². The second kappa shape index (κ2) is 24.2. The van der Waals surface area contributed by atoms with E-state index in [1.165, 1.54) is 5.56 Å². The molecule has 0 radical (unpaired) electrons. The maximum atomic E-state index is 14.4. The van der Waals surface area contributed by atoms with Gasteiger partial charge in [0.25, 0.3) is 0 Å². The number of guanidine groups is 1. The van der Waals surface area contributed by atoms with Crippen LogP contribution in [0.25, 0.3) is 10.8 Å². The number of amides is 6. The van der Waals surface area contributed by atoms with E-state index in [1.807, 2.05) is 97.9 Å². The minimum atomic E-state index is -1.20. The lowest BCUT2D eigenvalue weighted by atomic mass is 9.72. The number of fused-ring (bicyclic) bond motifs is 1. The predicted molar refractivity (Wildman–Crippen MR) is 248 cm³/mol. The van der Waals surface area contributed by atoms with Crippen molar-refractivity contribution >= 4 is 52.2 Å². The van der Waals surface area contributed by atoms with Crippen molar-refractivity contribution in [3.05, 3.63) is 120 Å². The molecule has 3 atom stereocenters. The van der Waals surface area contributed by atoms with Gasteiger partial charge in [-0.05, 0) is 78.3 Å². The number of carbonyl (C=O) groups is 6. The molecule has 11 N–H and O–H groups in total. The average Bonchev–Trinajstić information content (AvgIpc) is 3.28. The Hall–Kier alpha value is -6.77. The molecule has 15 nitrogen and oxygen atoms in total. The average molecular weight is 874 g/mol. The van der Waals surface area contributed by atoms with Crippen LogP contribution in [0.3, 0.4) is 0 Å². The lowest BCUT2D eigenvalue weighted by molar-refractivity contribution is -0.134. The third-order valence-electron chi connectivity index (χ3n) is 11.7. The van der Waals surface area contributed by atoms with E-state index in [9.17, 15) is 28.8 Å². The Labute approximate surface area is 375 Å². The molecule has 4 aromatic rings. The summed E-state index contributed by atoms with van der Waals surface area (Å²) < 4.78 is 0. The maximum Gasteiger partial charge on any atom is 0.243 e. The molecular weight excluding hydrogens is 811 g/mol. The number of primary amides is 1. The van der Waals surface area contributed by atoms with E-state index in [0.717, 1.165) is 47.6 Å². The van der Waals surface area contributed by atoms with Gasteiger partial charge in [0.1, 0.15) is 18.1 Å². The van der Waals surface area contributed by atoms with E-state index >= 15 is 0 Å². The van der Waals surface area contributed by atoms with Crippen molar-refractivity contribution in [3.8, 4) is 0 Å². The summed E-state index contributed by atoms with van der Waals surface area (Å²) >= 11 is 0. The van der Waals surface area contributed by atoms with Crippen LogP contribution in [0.15, 0.2) is 108 Å². The number of nitrogens with zero attached hydrogens (tertiary/aromatic N) is 1. The van der Waals surface area contributed by atoms with Crippen LogP contribution in [0.1, 0.15) is 93.7 Å². The van der Waals surface area contributed by atoms with Gasteiger partial charge >= 0.3 is 0 Å². The summed E-state index contributed by atoms with van der Waals surface area (Å²) in [6.07, 6.45) is 5.12. The first kappa shape index (κ1) is 48.3. The highest BCUT2D eigenvalue weighted by atomic mass is 16.2. The molecule has 0 spiro atoms. The van der Waals surface area contributed by atoms with E-state index in [-0.39, 0.29) is 56.4 Å². The summed E-state index contributed by atoms with van der Waals surface area (Å²) in [4.78, 5) is 85.3. The van der Waals surface area contributed by atoms with Crippen LogP contribution >= 0.6 is 0 Å². The van der Waals surface area contributed by atoms with Gasteiger partial charge in [-0.2, -0.15) is 0 Å². The Morgan fingerprint density at radius 3 is 1.95 bits per heavy atom. The molecule has 1 saturated carbocycles. The van der Waals surface area contributed by atoms with Crippen LogP contribution in [0.2, 0.25) is 0 Å². The molecule has 0 heterocycles. The Bertz CT molecular complexity index is 2220. The molecule has 15 heteroatoms. The summed E-state index contributed by atoms with van der Waals surface area (Å²) in [5, 5.41) is 16.3. The second-order valence-corrected chi connectivity index (χ2v) is 16.7. The van der Waals surface area contributed by atoms with Gasteiger partial charge in [0.05, 0.1) is 6.54 Å². The topological polar surface area (TPSA) is 253 Å². The standard InChI is InChI=1S/C49H63N9O6/c1-2-3-20-43(60)58-49(25-23-37(24-26-49)35-15-8-5-9-16-35)31-44(61)55-41(29-33-13-6-4-7-14-33)47(64)56-39(19-12-27-53-48(51)52)46(63)57-40(45(62)54-32-42(50)59)30-34-21-22-36-17-10-11-18-38(36)28-34/h4-11,13-18,21-22,28,37,39-41H,2-3,12,19-20,23-27,29-32H2,1H3,(H2,50,59)(H,54,62)(H,55,61)(H,56,64)(H,57,63)(H,58,60)(H4,51,52,53)/t37?,39-,40-,41+,49?/m0/s1. The third kappa shape index (κ3) is 15.2. The third-order valence-corrected chi connectivity index (χ3v) is 11.7. The zero-order chi connectivity index (χ0) is 45.9. The van der Waals surface area contributed by atoms with Gasteiger partial charge in [-0.15, -0.1) is 0 Å². The van der Waals surface area contributed by atoms with Crippen molar-refractivity contribution < 1.29 is 28.8 Å². The normalized spacial score (nSPS) is 17.2. The van der Waals surface area contributed by atoms with E-state index in [1.54, 1.807) is 0 Å². The first-order chi connectivity index (χ1) is 30.8. The molecule has 0 saturated heterocycles. The van der Waals surface area contributed by atoms with E-state index in [0.29, 0.717) is 19.3 Å². The number of aliphatic imine (C=N–C) groups is 1. The molecule has 5 rings (SSSR count). The zero-order valence-electron chi connectivity index (χ0n) is 36.7. The van der Waals surface area contributed by atoms with E-state index in [2.05, 4.69) is 43.7 Å². The Kier molecular flexibility index (Phi) is 18.2. The molecule has 1 aliphatic rings. The monoisotopic (exact) mass is 873 g/mol. The summed E-state index contributed by atoms with van der Waals surface area (Å²) in [5.41, 5.74) is 18.4. The molecule has 0 unspecified atom stereocenters. The number of carbonyl (C=O) groups excluding carboxylic acids is 6. The SMILES string of the molecule is CCCCC(=O)NC1(CC(=O)N[C@H](Cc2ccccc2)C(=O)N[C@@H](CCCN=C(N)N)C(=O)N[C@@H](Cc2ccc3ccccc3c2)C(=O)NCC(N)=O)CCC(c2ccccc2)CC1. The van der Waals surface area contributed by atoms with Crippen molar-refractivity contribution in [2.45, 2.75) is 114 Å². The van der Waals surface area contributed by atoms with Gasteiger partial charge < -0.3 is 43.8 Å². The molecule has 4 aromatic carbocycles. The number of rotatable bonds is 23. The molecule has 1 fully saturated rings. The Balaban J connectivity index is 1.37. The highest BCUT2D eigenvalue weighted by Gasteiger charge is 2.40. The quantitative estimate of drug-likeness (QED) is 0.0310. The maximum absolute atomic E-state index is 14.4. The number of hydrogen-bond acceptors (Lipinski definition) is 7. The minimum absolute atomic E-state index is 0.0375.